The first kappa shape index (κ1) is 28.0. The summed E-state index contributed by atoms with van der Waals surface area (Å²) in [4.78, 5) is 45.9. The van der Waals surface area contributed by atoms with Gasteiger partial charge in [0.2, 0.25) is 17.7 Å². The van der Waals surface area contributed by atoms with Gasteiger partial charge in [-0.25, -0.2) is 0 Å². The number of ether oxygens (including phenoxy) is 2. The van der Waals surface area contributed by atoms with Gasteiger partial charge in [0.25, 0.3) is 0 Å². The Morgan fingerprint density at radius 2 is 1.77 bits per heavy atom. The largest absolute Gasteiger partial charge is 0.379 e. The topological polar surface area (TPSA) is 100 Å². The molecule has 4 heterocycles. The summed E-state index contributed by atoms with van der Waals surface area (Å²) in [6.07, 6.45) is 8.90. The van der Waals surface area contributed by atoms with Crippen molar-refractivity contribution in [3.05, 3.63) is 40.4 Å². The van der Waals surface area contributed by atoms with Gasteiger partial charge in [0.15, 0.2) is 0 Å². The number of hydrogen-bond acceptors (Lipinski definition) is 6. The van der Waals surface area contributed by atoms with Crippen LogP contribution in [0, 0.1) is 11.8 Å². The predicted molar refractivity (Wildman–Crippen MR) is 151 cm³/mol. The minimum atomic E-state index is -1.21. The molecule has 1 aromatic carbocycles. The first-order valence-corrected chi connectivity index (χ1v) is 15.0. The van der Waals surface area contributed by atoms with Crippen LogP contribution in [0.15, 0.2) is 30.4 Å². The Morgan fingerprint density at radius 3 is 2.50 bits per heavy atom. The minimum absolute atomic E-state index is 0.0832. The zero-order chi connectivity index (χ0) is 28.1. The quantitative estimate of drug-likeness (QED) is 0.473. The Hall–Kier alpha value is -2.17. The van der Waals surface area contributed by atoms with Crippen LogP contribution >= 0.6 is 23.2 Å². The summed E-state index contributed by atoms with van der Waals surface area (Å²) in [6.45, 7) is 5.65. The van der Waals surface area contributed by atoms with E-state index in [-0.39, 0.29) is 23.8 Å². The third-order valence-electron chi connectivity index (χ3n) is 9.23. The molecular weight excluding hydrogens is 555 g/mol. The van der Waals surface area contributed by atoms with Crippen LogP contribution in [0.25, 0.3) is 0 Å². The van der Waals surface area contributed by atoms with Gasteiger partial charge < -0.3 is 25.0 Å². The van der Waals surface area contributed by atoms with Gasteiger partial charge in [-0.3, -0.25) is 19.3 Å². The number of likely N-dealkylation sites (tertiary alicyclic amines) is 1. The molecular formula is C29H36Cl2N4O5. The Labute approximate surface area is 244 Å². The maximum atomic E-state index is 14.2. The standard InChI is InChI=1S/C29H36Cl2N4O5/c1-28-9-10-29(40-28)23(22(28)25(36)33-19-7-8-20(30)21(31)17-19)27(38)35(12-11-34-13-15-39-16-14-34)24(29)26(37)32-18-5-3-2-4-6-18/h7-10,17-18,22-24H,2-6,11-16H2,1H3,(H,32,37)(H,33,36)/t22-,23-,24+,28-,29+/m1/s1. The second-order valence-corrected chi connectivity index (χ2v) is 12.6. The van der Waals surface area contributed by atoms with Crippen molar-refractivity contribution in [2.45, 2.75) is 62.3 Å². The van der Waals surface area contributed by atoms with E-state index in [0.29, 0.717) is 42.0 Å². The van der Waals surface area contributed by atoms with Gasteiger partial charge in [-0.1, -0.05) is 54.6 Å². The number of morpholine rings is 1. The molecule has 11 heteroatoms. The number of halogens is 2. The summed E-state index contributed by atoms with van der Waals surface area (Å²) in [7, 11) is 0. The van der Waals surface area contributed by atoms with Gasteiger partial charge in [-0.2, -0.15) is 0 Å². The van der Waals surface area contributed by atoms with E-state index in [1.54, 1.807) is 23.1 Å². The number of nitrogens with one attached hydrogen (secondary N) is 2. The van der Waals surface area contributed by atoms with E-state index < -0.39 is 29.1 Å². The van der Waals surface area contributed by atoms with Crippen molar-refractivity contribution in [3.8, 4) is 0 Å². The van der Waals surface area contributed by atoms with Crippen molar-refractivity contribution in [1.82, 2.24) is 15.1 Å². The number of carbonyl (C=O) groups excluding carboxylic acids is 3. The molecule has 40 heavy (non-hydrogen) atoms. The lowest BCUT2D eigenvalue weighted by Gasteiger charge is -2.36. The molecule has 1 spiro atoms. The molecule has 4 fully saturated rings. The van der Waals surface area contributed by atoms with E-state index in [1.165, 1.54) is 6.42 Å². The van der Waals surface area contributed by atoms with Crippen molar-refractivity contribution >= 4 is 46.6 Å². The molecule has 0 unspecified atom stereocenters. The van der Waals surface area contributed by atoms with Gasteiger partial charge in [0.05, 0.1) is 40.7 Å². The lowest BCUT2D eigenvalue weighted by atomic mass is 9.70. The maximum Gasteiger partial charge on any atom is 0.246 e. The average Bonchev–Trinajstić information content (AvgIpc) is 3.51. The Morgan fingerprint density at radius 1 is 1.02 bits per heavy atom. The van der Waals surface area contributed by atoms with Crippen molar-refractivity contribution in [2.24, 2.45) is 11.8 Å². The van der Waals surface area contributed by atoms with Crippen LogP contribution in [0.5, 0.6) is 0 Å². The van der Waals surface area contributed by atoms with Gasteiger partial charge in [0, 0.05) is 37.9 Å². The molecule has 0 aromatic heterocycles. The van der Waals surface area contributed by atoms with Gasteiger partial charge >= 0.3 is 0 Å². The summed E-state index contributed by atoms with van der Waals surface area (Å²) in [5.74, 6) is -2.43. The SMILES string of the molecule is C[C@]12C=C[C@@]3(O1)[C@H](C(=O)NC1CCCCC1)N(CCN1CCOCC1)C(=O)[C@H]3[C@@H]2C(=O)Nc1ccc(Cl)c(Cl)c1. The zero-order valence-corrected chi connectivity index (χ0v) is 24.2. The number of benzene rings is 1. The molecule has 6 rings (SSSR count). The zero-order valence-electron chi connectivity index (χ0n) is 22.7. The highest BCUT2D eigenvalue weighted by Crippen LogP contribution is 2.59. The molecule has 1 aromatic rings. The summed E-state index contributed by atoms with van der Waals surface area (Å²) >= 11 is 12.2. The molecule has 5 atom stereocenters. The lowest BCUT2D eigenvalue weighted by Crippen LogP contribution is -2.57. The number of hydrogen-bond donors (Lipinski definition) is 2. The number of anilines is 1. The van der Waals surface area contributed by atoms with Crippen LogP contribution in [0.3, 0.4) is 0 Å². The van der Waals surface area contributed by atoms with Gasteiger partial charge in [-0.15, -0.1) is 0 Å². The molecule has 1 saturated carbocycles. The summed E-state index contributed by atoms with van der Waals surface area (Å²) < 4.78 is 12.1. The van der Waals surface area contributed by atoms with E-state index in [2.05, 4.69) is 15.5 Å². The fourth-order valence-electron chi connectivity index (χ4n) is 7.26. The van der Waals surface area contributed by atoms with Crippen molar-refractivity contribution in [1.29, 1.82) is 0 Å². The molecule has 5 aliphatic rings. The fraction of sp³-hybridized carbons (Fsp3) is 0.621. The number of rotatable bonds is 7. The van der Waals surface area contributed by atoms with E-state index >= 15 is 0 Å². The molecule has 216 valence electrons. The monoisotopic (exact) mass is 590 g/mol. The minimum Gasteiger partial charge on any atom is -0.379 e. The number of amides is 3. The summed E-state index contributed by atoms with van der Waals surface area (Å²) in [5.41, 5.74) is -1.76. The van der Waals surface area contributed by atoms with Gasteiger partial charge in [-0.05, 0) is 38.0 Å². The van der Waals surface area contributed by atoms with Crippen LogP contribution in [0.1, 0.15) is 39.0 Å². The molecule has 3 amide bonds. The molecule has 9 nitrogen and oxygen atoms in total. The molecule has 2 N–H and O–H groups in total. The summed E-state index contributed by atoms with van der Waals surface area (Å²) in [6, 6.07) is 4.09. The molecule has 1 aliphatic carbocycles. The number of carbonyl (C=O) groups is 3. The summed E-state index contributed by atoms with van der Waals surface area (Å²) in [5, 5.41) is 6.85. The van der Waals surface area contributed by atoms with E-state index in [9.17, 15) is 14.4 Å². The first-order chi connectivity index (χ1) is 19.2. The van der Waals surface area contributed by atoms with Crippen molar-refractivity contribution in [2.75, 3.05) is 44.7 Å². The molecule has 3 saturated heterocycles. The Bertz CT molecular complexity index is 1220. The second kappa shape index (κ2) is 10.9. The van der Waals surface area contributed by atoms with E-state index in [0.717, 1.165) is 38.8 Å². The lowest BCUT2D eigenvalue weighted by molar-refractivity contribution is -0.144. The third kappa shape index (κ3) is 4.83. The maximum absolute atomic E-state index is 14.2. The predicted octanol–water partition coefficient (Wildman–Crippen LogP) is 3.25. The molecule has 0 radical (unpaired) electrons. The third-order valence-corrected chi connectivity index (χ3v) is 9.97. The van der Waals surface area contributed by atoms with Gasteiger partial charge in [0.1, 0.15) is 11.6 Å². The van der Waals surface area contributed by atoms with E-state index in [4.69, 9.17) is 32.7 Å². The van der Waals surface area contributed by atoms with Crippen LogP contribution in [0.4, 0.5) is 5.69 Å². The highest BCUT2D eigenvalue weighted by atomic mass is 35.5. The molecule has 2 bridgehead atoms. The Kier molecular flexibility index (Phi) is 7.63. The fourth-order valence-corrected chi connectivity index (χ4v) is 7.56. The van der Waals surface area contributed by atoms with Crippen LogP contribution < -0.4 is 10.6 Å². The van der Waals surface area contributed by atoms with Crippen LogP contribution in [-0.4, -0.2) is 90.2 Å². The molecule has 4 aliphatic heterocycles. The van der Waals surface area contributed by atoms with E-state index in [1.807, 2.05) is 19.1 Å². The number of fused-ring (bicyclic) bond motifs is 1. The van der Waals surface area contributed by atoms with Crippen molar-refractivity contribution in [3.63, 3.8) is 0 Å². The van der Waals surface area contributed by atoms with Crippen molar-refractivity contribution < 1.29 is 23.9 Å². The van der Waals surface area contributed by atoms with Crippen LogP contribution in [0.2, 0.25) is 10.0 Å². The first-order valence-electron chi connectivity index (χ1n) is 14.3. The normalized spacial score (nSPS) is 33.8. The number of nitrogens with zero attached hydrogens (tertiary/aromatic N) is 2. The smallest absolute Gasteiger partial charge is 0.246 e. The Balaban J connectivity index is 1.29. The highest BCUT2D eigenvalue weighted by Gasteiger charge is 2.76. The highest BCUT2D eigenvalue weighted by molar-refractivity contribution is 6.42. The second-order valence-electron chi connectivity index (χ2n) is 11.8. The van der Waals surface area contributed by atoms with Crippen LogP contribution in [-0.2, 0) is 23.9 Å². The average molecular weight is 592 g/mol.